The van der Waals surface area contributed by atoms with Crippen LogP contribution in [0.4, 0.5) is 17.1 Å². The van der Waals surface area contributed by atoms with E-state index < -0.39 is 0 Å². The predicted molar refractivity (Wildman–Crippen MR) is 219 cm³/mol. The van der Waals surface area contributed by atoms with Crippen molar-refractivity contribution < 1.29 is 0 Å². The Labute approximate surface area is 302 Å². The molecule has 0 atom stereocenters. The molecule has 1 nitrogen and oxygen atoms in total. The molecule has 246 valence electrons. The smallest absolute Gasteiger partial charge is 0.0473 e. The maximum atomic E-state index is 2.44. The van der Waals surface area contributed by atoms with Gasteiger partial charge in [-0.25, -0.2) is 0 Å². The molecule has 0 N–H and O–H groups in total. The number of fused-ring (bicyclic) bond motifs is 1. The van der Waals surface area contributed by atoms with Crippen molar-refractivity contribution in [3.63, 3.8) is 0 Å². The van der Waals surface area contributed by atoms with Gasteiger partial charge >= 0.3 is 0 Å². The molecule has 8 aromatic rings. The van der Waals surface area contributed by atoms with E-state index in [0.29, 0.717) is 0 Å². The lowest BCUT2D eigenvalue weighted by Crippen LogP contribution is -2.11. The molecule has 0 aliphatic carbocycles. The van der Waals surface area contributed by atoms with Gasteiger partial charge in [-0.15, -0.1) is 0 Å². The van der Waals surface area contributed by atoms with Crippen molar-refractivity contribution in [1.82, 2.24) is 0 Å². The molecule has 0 spiro atoms. The van der Waals surface area contributed by atoms with Gasteiger partial charge in [-0.3, -0.25) is 0 Å². The van der Waals surface area contributed by atoms with Crippen molar-refractivity contribution in [3.05, 3.63) is 200 Å². The second-order valence-corrected chi connectivity index (χ2v) is 14.3. The molecule has 0 bridgehead atoms. The minimum atomic E-state index is 0.0860. The fourth-order valence-corrected chi connectivity index (χ4v) is 6.96. The van der Waals surface area contributed by atoms with Crippen LogP contribution in [0.3, 0.4) is 0 Å². The fourth-order valence-electron chi connectivity index (χ4n) is 6.96. The number of hydrogen-bond acceptors (Lipinski definition) is 1. The summed E-state index contributed by atoms with van der Waals surface area (Å²) in [6.07, 6.45) is 0. The number of rotatable bonds is 7. The van der Waals surface area contributed by atoms with Gasteiger partial charge in [0.2, 0.25) is 0 Å². The number of hydrogen-bond donors (Lipinski definition) is 0. The molecule has 8 rings (SSSR count). The summed E-state index contributed by atoms with van der Waals surface area (Å²) in [5.74, 6) is 0. The first-order chi connectivity index (χ1) is 24.9. The van der Waals surface area contributed by atoms with Crippen molar-refractivity contribution in [1.29, 1.82) is 0 Å². The summed E-state index contributed by atoms with van der Waals surface area (Å²) in [5, 5.41) is 2.43. The Hall–Kier alpha value is -6.18. The summed E-state index contributed by atoms with van der Waals surface area (Å²) in [6, 6.07) is 70.7. The van der Waals surface area contributed by atoms with Gasteiger partial charge in [0.05, 0.1) is 0 Å². The molecule has 0 aromatic heterocycles. The summed E-state index contributed by atoms with van der Waals surface area (Å²) in [7, 11) is 0. The summed E-state index contributed by atoms with van der Waals surface area (Å²) >= 11 is 0. The topological polar surface area (TPSA) is 3.24 Å². The SMILES string of the molecule is CC(C)(C)c1ccc(-c2cc(-c3ccccc3)cc(N(c3cc(-c4ccccc4)cc(-c4ccccc4)c3)c3ccc4ccccc4c3)c2)cc1. The molecule has 0 aliphatic rings. The normalized spacial score (nSPS) is 11.4. The van der Waals surface area contributed by atoms with E-state index in [2.05, 4.69) is 220 Å². The maximum absolute atomic E-state index is 2.44. The quantitative estimate of drug-likeness (QED) is 0.165. The summed E-state index contributed by atoms with van der Waals surface area (Å²) in [5.41, 5.74) is 14.2. The zero-order chi connectivity index (χ0) is 34.8. The Kier molecular flexibility index (Phi) is 8.56. The van der Waals surface area contributed by atoms with E-state index in [4.69, 9.17) is 0 Å². The van der Waals surface area contributed by atoms with E-state index in [0.717, 1.165) is 17.1 Å². The molecule has 0 heterocycles. The highest BCUT2D eigenvalue weighted by molar-refractivity contribution is 5.92. The molecule has 8 aromatic carbocycles. The third-order valence-corrected chi connectivity index (χ3v) is 9.75. The van der Waals surface area contributed by atoms with Crippen LogP contribution in [-0.4, -0.2) is 0 Å². The first kappa shape index (κ1) is 32.0. The van der Waals surface area contributed by atoms with Crippen LogP contribution in [0.15, 0.2) is 194 Å². The van der Waals surface area contributed by atoms with Gasteiger partial charge in [0.15, 0.2) is 0 Å². The van der Waals surface area contributed by atoms with Crippen LogP contribution in [0, 0.1) is 0 Å². The molecular weight excluding hydrogens is 615 g/mol. The first-order valence-corrected chi connectivity index (χ1v) is 17.8. The summed E-state index contributed by atoms with van der Waals surface area (Å²) in [4.78, 5) is 2.44. The van der Waals surface area contributed by atoms with Gasteiger partial charge < -0.3 is 4.90 Å². The molecule has 0 aliphatic heterocycles. The average Bonchev–Trinajstić information content (AvgIpc) is 3.18. The third kappa shape index (κ3) is 6.84. The Bertz CT molecular complexity index is 2360. The van der Waals surface area contributed by atoms with Gasteiger partial charge in [0, 0.05) is 17.1 Å². The van der Waals surface area contributed by atoms with E-state index in [1.165, 1.54) is 60.8 Å². The van der Waals surface area contributed by atoms with Gasteiger partial charge in [-0.1, -0.05) is 166 Å². The van der Waals surface area contributed by atoms with Crippen molar-refractivity contribution in [2.45, 2.75) is 26.2 Å². The molecule has 1 heteroatoms. The van der Waals surface area contributed by atoms with Crippen LogP contribution in [0.5, 0.6) is 0 Å². The zero-order valence-electron chi connectivity index (χ0n) is 29.4. The lowest BCUT2D eigenvalue weighted by Gasteiger charge is -2.28. The molecule has 0 amide bonds. The molecule has 0 saturated heterocycles. The van der Waals surface area contributed by atoms with Gasteiger partial charge in [-0.05, 0) is 115 Å². The Morgan fingerprint density at radius 3 is 1.12 bits per heavy atom. The van der Waals surface area contributed by atoms with Crippen LogP contribution in [0.1, 0.15) is 26.3 Å². The first-order valence-electron chi connectivity index (χ1n) is 17.8. The van der Waals surface area contributed by atoms with Gasteiger partial charge in [0.1, 0.15) is 0 Å². The second-order valence-electron chi connectivity index (χ2n) is 14.3. The van der Waals surface area contributed by atoms with Gasteiger partial charge in [0.25, 0.3) is 0 Å². The van der Waals surface area contributed by atoms with Crippen molar-refractivity contribution in [2.75, 3.05) is 4.90 Å². The molecule has 51 heavy (non-hydrogen) atoms. The Morgan fingerprint density at radius 2 is 0.686 bits per heavy atom. The van der Waals surface area contributed by atoms with Gasteiger partial charge in [-0.2, -0.15) is 0 Å². The number of anilines is 3. The van der Waals surface area contributed by atoms with E-state index in [1.807, 2.05) is 0 Å². The van der Waals surface area contributed by atoms with Crippen LogP contribution in [-0.2, 0) is 5.41 Å². The Morgan fingerprint density at radius 1 is 0.294 bits per heavy atom. The van der Waals surface area contributed by atoms with Crippen molar-refractivity contribution in [3.8, 4) is 44.5 Å². The molecular formula is C50H41N. The lowest BCUT2D eigenvalue weighted by molar-refractivity contribution is 0.590. The zero-order valence-corrected chi connectivity index (χ0v) is 29.4. The number of benzene rings is 8. The van der Waals surface area contributed by atoms with Crippen molar-refractivity contribution in [2.24, 2.45) is 0 Å². The van der Waals surface area contributed by atoms with E-state index >= 15 is 0 Å². The predicted octanol–water partition coefficient (Wildman–Crippen LogP) is 14.3. The largest absolute Gasteiger partial charge is 0.310 e. The minimum absolute atomic E-state index is 0.0860. The fraction of sp³-hybridized carbons (Fsp3) is 0.0800. The second kappa shape index (κ2) is 13.6. The van der Waals surface area contributed by atoms with Crippen LogP contribution < -0.4 is 4.90 Å². The standard InChI is InChI=1S/C50H41N/c1-50(2,3)46-26-23-40(24-27-46)45-30-44(38-19-11-6-12-20-38)34-49(35-45)51(47-28-25-39-21-13-14-22-41(39)31-47)48-32-42(36-15-7-4-8-16-36)29-43(33-48)37-17-9-5-10-18-37/h4-35H,1-3H3. The molecule has 0 saturated carbocycles. The van der Waals surface area contributed by atoms with Crippen LogP contribution in [0.2, 0.25) is 0 Å². The van der Waals surface area contributed by atoms with E-state index in [9.17, 15) is 0 Å². The average molecular weight is 656 g/mol. The van der Waals surface area contributed by atoms with Crippen molar-refractivity contribution >= 4 is 27.8 Å². The highest BCUT2D eigenvalue weighted by Crippen LogP contribution is 2.43. The Balaban J connectivity index is 1.40. The summed E-state index contributed by atoms with van der Waals surface area (Å²) < 4.78 is 0. The monoisotopic (exact) mass is 655 g/mol. The van der Waals surface area contributed by atoms with Crippen LogP contribution >= 0.6 is 0 Å². The molecule has 0 fully saturated rings. The van der Waals surface area contributed by atoms with E-state index in [-0.39, 0.29) is 5.41 Å². The lowest BCUT2D eigenvalue weighted by atomic mass is 9.86. The summed E-state index contributed by atoms with van der Waals surface area (Å²) in [6.45, 7) is 6.81. The number of nitrogens with zero attached hydrogens (tertiary/aromatic N) is 1. The minimum Gasteiger partial charge on any atom is -0.310 e. The molecule has 0 unspecified atom stereocenters. The molecule has 0 radical (unpaired) electrons. The maximum Gasteiger partial charge on any atom is 0.0473 e. The highest BCUT2D eigenvalue weighted by atomic mass is 15.1. The highest BCUT2D eigenvalue weighted by Gasteiger charge is 2.19. The third-order valence-electron chi connectivity index (χ3n) is 9.75. The van der Waals surface area contributed by atoms with Crippen LogP contribution in [0.25, 0.3) is 55.3 Å². The van der Waals surface area contributed by atoms with E-state index in [1.54, 1.807) is 0 Å².